The van der Waals surface area contributed by atoms with Gasteiger partial charge < -0.3 is 10.4 Å². The molecule has 0 bridgehead atoms. The third kappa shape index (κ3) is 4.01. The Morgan fingerprint density at radius 3 is 2.53 bits per heavy atom. The van der Waals surface area contributed by atoms with Crippen LogP contribution in [0.1, 0.15) is 32.3 Å². The molecule has 0 spiro atoms. The van der Waals surface area contributed by atoms with Gasteiger partial charge in [0, 0.05) is 13.1 Å². The lowest BCUT2D eigenvalue weighted by molar-refractivity contribution is -0.149. The van der Waals surface area contributed by atoms with Gasteiger partial charge in [-0.2, -0.15) is 0 Å². The number of carboxylic acid groups (broad SMARTS) is 1. The van der Waals surface area contributed by atoms with E-state index in [9.17, 15) is 14.3 Å². The molecule has 19 heavy (non-hydrogen) atoms. The second kappa shape index (κ2) is 7.01. The Bertz CT molecular complexity index is 447. The fraction of sp³-hybridized carbons (Fsp3) is 0.500. The Hall–Kier alpha value is -0.940. The molecule has 0 amide bonds. The zero-order valence-corrected chi connectivity index (χ0v) is 12.8. The number of rotatable bonds is 7. The van der Waals surface area contributed by atoms with Crippen molar-refractivity contribution in [2.24, 2.45) is 5.41 Å². The summed E-state index contributed by atoms with van der Waals surface area (Å²) in [6.07, 6.45) is 1.14. The Labute approximate surface area is 121 Å². The number of nitrogens with one attached hydrogen (secondary N) is 1. The van der Waals surface area contributed by atoms with Crippen LogP contribution in [0.3, 0.4) is 0 Å². The molecule has 0 saturated heterocycles. The third-order valence-corrected chi connectivity index (χ3v) is 4.23. The van der Waals surface area contributed by atoms with Crippen molar-refractivity contribution in [2.45, 2.75) is 33.2 Å². The van der Waals surface area contributed by atoms with Gasteiger partial charge in [-0.3, -0.25) is 4.79 Å². The van der Waals surface area contributed by atoms with Crippen molar-refractivity contribution in [1.82, 2.24) is 5.32 Å². The Morgan fingerprint density at radius 2 is 2.05 bits per heavy atom. The first-order chi connectivity index (χ1) is 8.95. The van der Waals surface area contributed by atoms with Crippen molar-refractivity contribution >= 4 is 21.9 Å². The lowest BCUT2D eigenvalue weighted by Crippen LogP contribution is -2.40. The molecule has 0 atom stereocenters. The molecule has 0 aliphatic heterocycles. The van der Waals surface area contributed by atoms with Crippen LogP contribution >= 0.6 is 15.9 Å². The average molecular weight is 332 g/mol. The van der Waals surface area contributed by atoms with Crippen molar-refractivity contribution in [3.8, 4) is 0 Å². The molecule has 1 aromatic carbocycles. The SMILES string of the molecule is CCC(CC)(CNCc1ccc(Br)c(F)c1)C(=O)O. The minimum atomic E-state index is -0.785. The fourth-order valence-electron chi connectivity index (χ4n) is 1.97. The number of hydrogen-bond acceptors (Lipinski definition) is 2. The van der Waals surface area contributed by atoms with Crippen LogP contribution in [0.4, 0.5) is 4.39 Å². The van der Waals surface area contributed by atoms with Gasteiger partial charge in [-0.25, -0.2) is 4.39 Å². The van der Waals surface area contributed by atoms with Gasteiger partial charge in [0.15, 0.2) is 0 Å². The number of halogens is 2. The molecule has 0 aliphatic rings. The second-order valence-electron chi connectivity index (χ2n) is 4.64. The molecule has 0 aliphatic carbocycles. The molecular weight excluding hydrogens is 313 g/mol. The molecule has 0 aromatic heterocycles. The van der Waals surface area contributed by atoms with Crippen LogP contribution in [0, 0.1) is 11.2 Å². The third-order valence-electron chi connectivity index (χ3n) is 3.58. The zero-order chi connectivity index (χ0) is 14.5. The molecule has 2 N–H and O–H groups in total. The van der Waals surface area contributed by atoms with Gasteiger partial charge in [0.05, 0.1) is 9.89 Å². The predicted molar refractivity (Wildman–Crippen MR) is 76.5 cm³/mol. The minimum absolute atomic E-state index is 0.310. The van der Waals surface area contributed by atoms with Crippen molar-refractivity contribution in [2.75, 3.05) is 6.54 Å². The van der Waals surface area contributed by atoms with E-state index in [2.05, 4.69) is 21.2 Å². The zero-order valence-electron chi connectivity index (χ0n) is 11.2. The van der Waals surface area contributed by atoms with Crippen LogP contribution in [-0.2, 0) is 11.3 Å². The van der Waals surface area contributed by atoms with E-state index >= 15 is 0 Å². The van der Waals surface area contributed by atoms with Crippen LogP contribution in [0.5, 0.6) is 0 Å². The summed E-state index contributed by atoms with van der Waals surface area (Å²) in [5, 5.41) is 12.4. The van der Waals surface area contributed by atoms with Crippen molar-refractivity contribution in [3.63, 3.8) is 0 Å². The summed E-state index contributed by atoms with van der Waals surface area (Å²) in [7, 11) is 0. The molecule has 3 nitrogen and oxygen atoms in total. The van der Waals surface area contributed by atoms with Gasteiger partial charge in [-0.15, -0.1) is 0 Å². The van der Waals surface area contributed by atoms with Crippen LogP contribution < -0.4 is 5.32 Å². The summed E-state index contributed by atoms with van der Waals surface area (Å²) < 4.78 is 13.8. The smallest absolute Gasteiger partial charge is 0.310 e. The van der Waals surface area contributed by atoms with E-state index in [4.69, 9.17) is 0 Å². The van der Waals surface area contributed by atoms with E-state index in [1.165, 1.54) is 6.07 Å². The molecule has 0 heterocycles. The Morgan fingerprint density at radius 1 is 1.42 bits per heavy atom. The van der Waals surface area contributed by atoms with Crippen molar-refractivity contribution < 1.29 is 14.3 Å². The lowest BCUT2D eigenvalue weighted by atomic mass is 9.82. The van der Waals surface area contributed by atoms with Gasteiger partial charge in [-0.1, -0.05) is 19.9 Å². The number of carbonyl (C=O) groups is 1. The average Bonchev–Trinajstić information content (AvgIpc) is 2.39. The molecule has 5 heteroatoms. The van der Waals surface area contributed by atoms with Gasteiger partial charge in [0.2, 0.25) is 0 Å². The maximum atomic E-state index is 13.3. The molecule has 0 radical (unpaired) electrons. The number of carboxylic acids is 1. The molecule has 0 unspecified atom stereocenters. The highest BCUT2D eigenvalue weighted by Crippen LogP contribution is 2.26. The minimum Gasteiger partial charge on any atom is -0.481 e. The summed E-state index contributed by atoms with van der Waals surface area (Å²) in [4.78, 5) is 11.3. The number of aliphatic carboxylic acids is 1. The molecule has 1 rings (SSSR count). The van der Waals surface area contributed by atoms with E-state index < -0.39 is 11.4 Å². The summed E-state index contributed by atoms with van der Waals surface area (Å²) in [6, 6.07) is 4.90. The van der Waals surface area contributed by atoms with E-state index in [0.29, 0.717) is 30.4 Å². The predicted octanol–water partition coefficient (Wildman–Crippen LogP) is 3.57. The highest BCUT2D eigenvalue weighted by Gasteiger charge is 2.34. The Kier molecular flexibility index (Phi) is 5.94. The monoisotopic (exact) mass is 331 g/mol. The highest BCUT2D eigenvalue weighted by atomic mass is 79.9. The maximum absolute atomic E-state index is 13.3. The molecule has 0 fully saturated rings. The van der Waals surface area contributed by atoms with Crippen molar-refractivity contribution in [3.05, 3.63) is 34.1 Å². The number of hydrogen-bond donors (Lipinski definition) is 2. The molecule has 0 saturated carbocycles. The normalized spacial score (nSPS) is 11.6. The maximum Gasteiger partial charge on any atom is 0.310 e. The van der Waals surface area contributed by atoms with E-state index in [1.807, 2.05) is 13.8 Å². The fourth-order valence-corrected chi connectivity index (χ4v) is 2.22. The first-order valence-corrected chi connectivity index (χ1v) is 7.12. The first kappa shape index (κ1) is 16.1. The van der Waals surface area contributed by atoms with Crippen LogP contribution in [0.25, 0.3) is 0 Å². The second-order valence-corrected chi connectivity index (χ2v) is 5.50. The number of benzene rings is 1. The van der Waals surface area contributed by atoms with Gasteiger partial charge in [-0.05, 0) is 46.5 Å². The largest absolute Gasteiger partial charge is 0.481 e. The lowest BCUT2D eigenvalue weighted by Gasteiger charge is -2.27. The molecular formula is C14H19BrFNO2. The standard InChI is InChI=1S/C14H19BrFNO2/c1-3-14(4-2,13(18)19)9-17-8-10-5-6-11(15)12(16)7-10/h5-7,17H,3-4,8-9H2,1-2H3,(H,18,19). The van der Waals surface area contributed by atoms with Gasteiger partial charge in [0.1, 0.15) is 5.82 Å². The summed E-state index contributed by atoms with van der Waals surface area (Å²) in [5.74, 6) is -1.10. The first-order valence-electron chi connectivity index (χ1n) is 6.33. The van der Waals surface area contributed by atoms with E-state index in [1.54, 1.807) is 12.1 Å². The summed E-state index contributed by atoms with van der Waals surface area (Å²) >= 11 is 3.10. The molecule has 1 aromatic rings. The summed E-state index contributed by atoms with van der Waals surface area (Å²) in [5.41, 5.74) is 0.0562. The highest BCUT2D eigenvalue weighted by molar-refractivity contribution is 9.10. The van der Waals surface area contributed by atoms with E-state index in [0.717, 1.165) is 5.56 Å². The van der Waals surface area contributed by atoms with Gasteiger partial charge >= 0.3 is 5.97 Å². The van der Waals surface area contributed by atoms with Crippen LogP contribution in [-0.4, -0.2) is 17.6 Å². The quantitative estimate of drug-likeness (QED) is 0.803. The Balaban J connectivity index is 2.61. The van der Waals surface area contributed by atoms with Crippen molar-refractivity contribution in [1.29, 1.82) is 0 Å². The topological polar surface area (TPSA) is 49.3 Å². The molecule has 106 valence electrons. The van der Waals surface area contributed by atoms with Gasteiger partial charge in [0.25, 0.3) is 0 Å². The van der Waals surface area contributed by atoms with Crippen LogP contribution in [0.2, 0.25) is 0 Å². The summed E-state index contributed by atoms with van der Waals surface area (Å²) in [6.45, 7) is 4.59. The van der Waals surface area contributed by atoms with Crippen LogP contribution in [0.15, 0.2) is 22.7 Å². The van der Waals surface area contributed by atoms with E-state index in [-0.39, 0.29) is 5.82 Å².